The maximum Gasteiger partial charge on any atom is 0.234 e. The fourth-order valence-electron chi connectivity index (χ4n) is 1.87. The number of carbonyl (C=O) groups is 1. The highest BCUT2D eigenvalue weighted by Crippen LogP contribution is 1.98. The molecule has 0 bridgehead atoms. The molecule has 0 rings (SSSR count). The Morgan fingerprint density at radius 1 is 1.24 bits per heavy atom. The highest BCUT2D eigenvalue weighted by molar-refractivity contribution is 5.78. The topological polar surface area (TPSA) is 58.4 Å². The Kier molecular flexibility index (Phi) is 10.2. The van der Waals surface area contributed by atoms with Crippen molar-refractivity contribution < 1.29 is 4.79 Å². The van der Waals surface area contributed by atoms with E-state index in [0.717, 1.165) is 38.8 Å². The lowest BCUT2D eigenvalue weighted by Crippen LogP contribution is -2.42. The maximum atomic E-state index is 11.8. The molecule has 0 fully saturated rings. The average Bonchev–Trinajstić information content (AvgIpc) is 2.33. The summed E-state index contributed by atoms with van der Waals surface area (Å²) in [6.07, 6.45) is 4.03. The first kappa shape index (κ1) is 16.4. The van der Waals surface area contributed by atoms with Crippen molar-refractivity contribution in [2.24, 2.45) is 5.73 Å². The molecular formula is C13H29N3O. The Balaban J connectivity index is 4.01. The number of amides is 1. The van der Waals surface area contributed by atoms with Gasteiger partial charge in [-0.15, -0.1) is 0 Å². The van der Waals surface area contributed by atoms with Gasteiger partial charge in [-0.2, -0.15) is 0 Å². The first-order valence-electron chi connectivity index (χ1n) is 6.89. The van der Waals surface area contributed by atoms with E-state index in [0.29, 0.717) is 19.1 Å². The van der Waals surface area contributed by atoms with Crippen LogP contribution in [0.25, 0.3) is 0 Å². The van der Waals surface area contributed by atoms with Crippen LogP contribution in [0.1, 0.15) is 46.5 Å². The van der Waals surface area contributed by atoms with Crippen LogP contribution in [0.3, 0.4) is 0 Å². The summed E-state index contributed by atoms with van der Waals surface area (Å²) in [7, 11) is 0. The Hall–Kier alpha value is -0.610. The van der Waals surface area contributed by atoms with Crippen molar-refractivity contribution in [1.82, 2.24) is 10.2 Å². The smallest absolute Gasteiger partial charge is 0.234 e. The zero-order valence-corrected chi connectivity index (χ0v) is 11.7. The number of nitrogens with zero attached hydrogens (tertiary/aromatic N) is 1. The molecule has 0 aromatic heterocycles. The van der Waals surface area contributed by atoms with E-state index in [1.165, 1.54) is 0 Å². The molecule has 0 aromatic rings. The van der Waals surface area contributed by atoms with Gasteiger partial charge in [0.05, 0.1) is 6.54 Å². The van der Waals surface area contributed by atoms with Crippen LogP contribution in [-0.2, 0) is 4.79 Å². The fourth-order valence-corrected chi connectivity index (χ4v) is 1.87. The molecule has 0 saturated carbocycles. The second kappa shape index (κ2) is 10.5. The lowest BCUT2D eigenvalue weighted by Gasteiger charge is -2.22. The van der Waals surface area contributed by atoms with E-state index >= 15 is 0 Å². The molecular weight excluding hydrogens is 214 g/mol. The molecule has 0 unspecified atom stereocenters. The van der Waals surface area contributed by atoms with Gasteiger partial charge in [-0.3, -0.25) is 9.69 Å². The van der Waals surface area contributed by atoms with Crippen molar-refractivity contribution >= 4 is 5.91 Å². The lowest BCUT2D eigenvalue weighted by molar-refractivity contribution is -0.123. The molecule has 0 aromatic carbocycles. The van der Waals surface area contributed by atoms with Crippen LogP contribution in [0.15, 0.2) is 0 Å². The Morgan fingerprint density at radius 3 is 2.35 bits per heavy atom. The fraction of sp³-hybridized carbons (Fsp3) is 0.923. The summed E-state index contributed by atoms with van der Waals surface area (Å²) in [5.74, 6) is 0.143. The van der Waals surface area contributed by atoms with Gasteiger partial charge < -0.3 is 11.1 Å². The lowest BCUT2D eigenvalue weighted by atomic mass is 10.2. The molecule has 0 aliphatic heterocycles. The van der Waals surface area contributed by atoms with Crippen molar-refractivity contribution in [3.63, 3.8) is 0 Å². The summed E-state index contributed by atoms with van der Waals surface area (Å²) in [6, 6.07) is 0.320. The predicted octanol–water partition coefficient (Wildman–Crippen LogP) is 1.35. The van der Waals surface area contributed by atoms with E-state index in [1.54, 1.807) is 0 Å². The number of nitrogens with one attached hydrogen (secondary N) is 1. The molecule has 4 nitrogen and oxygen atoms in total. The molecule has 0 aliphatic carbocycles. The van der Waals surface area contributed by atoms with Crippen LogP contribution in [0.2, 0.25) is 0 Å². The monoisotopic (exact) mass is 243 g/mol. The Bertz CT molecular complexity index is 193. The number of rotatable bonds is 10. The maximum absolute atomic E-state index is 11.8. The van der Waals surface area contributed by atoms with Crippen LogP contribution in [0.4, 0.5) is 0 Å². The van der Waals surface area contributed by atoms with Crippen LogP contribution in [0, 0.1) is 0 Å². The molecule has 1 amide bonds. The van der Waals surface area contributed by atoms with Crippen molar-refractivity contribution in [2.75, 3.05) is 26.2 Å². The van der Waals surface area contributed by atoms with Gasteiger partial charge in [-0.05, 0) is 45.3 Å². The molecule has 4 heteroatoms. The van der Waals surface area contributed by atoms with Gasteiger partial charge in [0.15, 0.2) is 0 Å². The van der Waals surface area contributed by atoms with Crippen LogP contribution >= 0.6 is 0 Å². The first-order chi connectivity index (χ1) is 8.17. The molecule has 0 saturated heterocycles. The van der Waals surface area contributed by atoms with E-state index in [4.69, 9.17) is 5.73 Å². The van der Waals surface area contributed by atoms with Gasteiger partial charge in [-0.1, -0.05) is 20.8 Å². The first-order valence-corrected chi connectivity index (χ1v) is 6.89. The van der Waals surface area contributed by atoms with Crippen molar-refractivity contribution in [3.8, 4) is 0 Å². The third-order valence-corrected chi connectivity index (χ3v) is 2.94. The zero-order chi connectivity index (χ0) is 13.1. The van der Waals surface area contributed by atoms with Gasteiger partial charge in [-0.25, -0.2) is 0 Å². The highest BCUT2D eigenvalue weighted by atomic mass is 16.2. The predicted molar refractivity (Wildman–Crippen MR) is 72.9 cm³/mol. The minimum atomic E-state index is 0.143. The van der Waals surface area contributed by atoms with Crippen LogP contribution in [-0.4, -0.2) is 43.0 Å². The quantitative estimate of drug-likeness (QED) is 0.609. The van der Waals surface area contributed by atoms with Gasteiger partial charge in [0.25, 0.3) is 0 Å². The van der Waals surface area contributed by atoms with Crippen molar-refractivity contribution in [1.29, 1.82) is 0 Å². The molecule has 102 valence electrons. The molecule has 0 atom stereocenters. The Morgan fingerprint density at radius 2 is 1.88 bits per heavy atom. The highest BCUT2D eigenvalue weighted by Gasteiger charge is 2.12. The summed E-state index contributed by atoms with van der Waals surface area (Å²) in [6.45, 7) is 9.42. The van der Waals surface area contributed by atoms with E-state index in [2.05, 4.69) is 31.0 Å². The second-order valence-corrected chi connectivity index (χ2v) is 4.50. The van der Waals surface area contributed by atoms with Gasteiger partial charge >= 0.3 is 0 Å². The second-order valence-electron chi connectivity index (χ2n) is 4.50. The summed E-state index contributed by atoms with van der Waals surface area (Å²) >= 11 is 0. The summed E-state index contributed by atoms with van der Waals surface area (Å²) in [4.78, 5) is 14.0. The van der Waals surface area contributed by atoms with Crippen molar-refractivity contribution in [3.05, 3.63) is 0 Å². The standard InChI is InChI=1S/C13H29N3O/c1-4-9-16(10-7-8-14)11-13(17)15-12(5-2)6-3/h12H,4-11,14H2,1-3H3,(H,15,17). The molecule has 0 radical (unpaired) electrons. The van der Waals surface area contributed by atoms with Crippen LogP contribution in [0.5, 0.6) is 0 Å². The molecule has 0 spiro atoms. The summed E-state index contributed by atoms with van der Waals surface area (Å²) < 4.78 is 0. The van der Waals surface area contributed by atoms with Crippen LogP contribution < -0.4 is 11.1 Å². The van der Waals surface area contributed by atoms with Gasteiger partial charge in [0.1, 0.15) is 0 Å². The number of carbonyl (C=O) groups excluding carboxylic acids is 1. The minimum Gasteiger partial charge on any atom is -0.352 e. The molecule has 3 N–H and O–H groups in total. The molecule has 0 aliphatic rings. The summed E-state index contributed by atoms with van der Waals surface area (Å²) in [5, 5.41) is 3.07. The average molecular weight is 243 g/mol. The van der Waals surface area contributed by atoms with E-state index < -0.39 is 0 Å². The van der Waals surface area contributed by atoms with E-state index in [-0.39, 0.29) is 5.91 Å². The SMILES string of the molecule is CCCN(CCCN)CC(=O)NC(CC)CC. The normalized spacial score (nSPS) is 11.2. The largest absolute Gasteiger partial charge is 0.352 e. The van der Waals surface area contributed by atoms with Gasteiger partial charge in [0, 0.05) is 6.04 Å². The summed E-state index contributed by atoms with van der Waals surface area (Å²) in [5.41, 5.74) is 5.50. The van der Waals surface area contributed by atoms with E-state index in [1.807, 2.05) is 0 Å². The number of hydrogen-bond acceptors (Lipinski definition) is 3. The third-order valence-electron chi connectivity index (χ3n) is 2.94. The van der Waals surface area contributed by atoms with Gasteiger partial charge in [0.2, 0.25) is 5.91 Å². The number of nitrogens with two attached hydrogens (primary N) is 1. The Labute approximate surface area is 106 Å². The van der Waals surface area contributed by atoms with E-state index in [9.17, 15) is 4.79 Å². The minimum absolute atomic E-state index is 0.143. The third kappa shape index (κ3) is 8.16. The molecule has 0 heterocycles. The number of hydrogen-bond donors (Lipinski definition) is 2. The molecule has 17 heavy (non-hydrogen) atoms. The zero-order valence-electron chi connectivity index (χ0n) is 11.7. The van der Waals surface area contributed by atoms with Crippen molar-refractivity contribution in [2.45, 2.75) is 52.5 Å².